The zero-order valence-corrected chi connectivity index (χ0v) is 10.8. The maximum Gasteiger partial charge on any atom is 0.320 e. The van der Waals surface area contributed by atoms with Gasteiger partial charge in [0.05, 0.1) is 19.0 Å². The molecule has 0 spiro atoms. The molecule has 1 N–H and O–H groups in total. The van der Waals surface area contributed by atoms with Crippen LogP contribution in [0.1, 0.15) is 6.42 Å². The van der Waals surface area contributed by atoms with Gasteiger partial charge in [-0.25, -0.2) is 13.6 Å². The van der Waals surface area contributed by atoms with Gasteiger partial charge < -0.3 is 14.9 Å². The van der Waals surface area contributed by atoms with Crippen molar-refractivity contribution < 1.29 is 23.5 Å². The number of amides is 2. The molecule has 0 aromatic heterocycles. The third kappa shape index (κ3) is 4.32. The number of thioether (sulfide) groups is 1. The highest BCUT2D eigenvalue weighted by Gasteiger charge is 2.31. The number of nitrogens with zero attached hydrogens (tertiary/aromatic N) is 2. The summed E-state index contributed by atoms with van der Waals surface area (Å²) in [6.07, 6.45) is -2.74. The van der Waals surface area contributed by atoms with Crippen molar-refractivity contribution in [1.29, 1.82) is 0 Å². The van der Waals surface area contributed by atoms with E-state index < -0.39 is 31.0 Å². The van der Waals surface area contributed by atoms with E-state index in [-0.39, 0.29) is 6.42 Å². The Morgan fingerprint density at radius 2 is 2.22 bits per heavy atom. The number of hydrogen-bond donors (Lipinski definition) is 1. The van der Waals surface area contributed by atoms with E-state index in [0.29, 0.717) is 18.1 Å². The molecule has 1 fully saturated rings. The van der Waals surface area contributed by atoms with Gasteiger partial charge in [0, 0.05) is 25.1 Å². The van der Waals surface area contributed by atoms with Crippen LogP contribution < -0.4 is 0 Å². The molecule has 1 saturated heterocycles. The van der Waals surface area contributed by atoms with Crippen LogP contribution in [0, 0.1) is 0 Å². The summed E-state index contributed by atoms with van der Waals surface area (Å²) in [5, 5.41) is 8.77. The minimum absolute atomic E-state index is 0.152. The standard InChI is InChI=1S/C10H16F2N2O3S/c1-13(5-8(11)12)10(17)14-2-3-18-6-7(14)4-9(15)16/h7-8H,2-6H2,1H3,(H,15,16). The first-order valence-corrected chi connectivity index (χ1v) is 6.66. The third-order valence-corrected chi connectivity index (χ3v) is 3.71. The molecular weight excluding hydrogens is 266 g/mol. The number of rotatable bonds is 4. The molecule has 104 valence electrons. The Bertz CT molecular complexity index is 317. The van der Waals surface area contributed by atoms with Crippen molar-refractivity contribution in [3.8, 4) is 0 Å². The van der Waals surface area contributed by atoms with Crippen LogP contribution in [0.4, 0.5) is 13.6 Å². The van der Waals surface area contributed by atoms with Crippen molar-refractivity contribution in [3.05, 3.63) is 0 Å². The third-order valence-electron chi connectivity index (χ3n) is 2.62. The van der Waals surface area contributed by atoms with Gasteiger partial charge in [-0.05, 0) is 0 Å². The van der Waals surface area contributed by atoms with Crippen LogP contribution in [0.3, 0.4) is 0 Å². The molecule has 0 aromatic rings. The number of carbonyl (C=O) groups excluding carboxylic acids is 1. The number of alkyl halides is 2. The second kappa shape index (κ2) is 6.77. The monoisotopic (exact) mass is 282 g/mol. The van der Waals surface area contributed by atoms with Gasteiger partial charge in [0.1, 0.15) is 0 Å². The van der Waals surface area contributed by atoms with E-state index in [0.717, 1.165) is 4.90 Å². The SMILES string of the molecule is CN(CC(F)F)C(=O)N1CCSCC1CC(=O)O. The van der Waals surface area contributed by atoms with Gasteiger partial charge in [0.25, 0.3) is 6.43 Å². The molecule has 0 aliphatic carbocycles. The second-order valence-electron chi connectivity index (χ2n) is 4.07. The number of halogens is 2. The smallest absolute Gasteiger partial charge is 0.320 e. The van der Waals surface area contributed by atoms with Crippen LogP contribution >= 0.6 is 11.8 Å². The van der Waals surface area contributed by atoms with Crippen LogP contribution in [0.2, 0.25) is 0 Å². The van der Waals surface area contributed by atoms with Gasteiger partial charge in [0.2, 0.25) is 0 Å². The molecule has 1 rings (SSSR count). The first kappa shape index (κ1) is 15.0. The molecule has 0 radical (unpaired) electrons. The van der Waals surface area contributed by atoms with Gasteiger partial charge in [-0.2, -0.15) is 11.8 Å². The number of carboxylic acids is 1. The van der Waals surface area contributed by atoms with Crippen molar-refractivity contribution in [3.63, 3.8) is 0 Å². The number of carboxylic acid groups (broad SMARTS) is 1. The zero-order chi connectivity index (χ0) is 13.7. The average Bonchev–Trinajstić information content (AvgIpc) is 2.27. The summed E-state index contributed by atoms with van der Waals surface area (Å²) in [5.41, 5.74) is 0. The Hall–Kier alpha value is -1.05. The highest BCUT2D eigenvalue weighted by molar-refractivity contribution is 7.99. The molecule has 1 heterocycles. The Labute approximate surface area is 108 Å². The second-order valence-corrected chi connectivity index (χ2v) is 5.22. The maximum atomic E-state index is 12.2. The Kier molecular flexibility index (Phi) is 5.64. The first-order chi connectivity index (χ1) is 8.41. The number of aliphatic carboxylic acids is 1. The van der Waals surface area contributed by atoms with Gasteiger partial charge in [0.15, 0.2) is 0 Å². The highest BCUT2D eigenvalue weighted by atomic mass is 32.2. The van der Waals surface area contributed by atoms with Crippen molar-refractivity contribution in [2.24, 2.45) is 0 Å². The molecular formula is C10H16F2N2O3S. The van der Waals surface area contributed by atoms with E-state index in [1.807, 2.05) is 0 Å². The Morgan fingerprint density at radius 1 is 1.56 bits per heavy atom. The lowest BCUT2D eigenvalue weighted by molar-refractivity contribution is -0.138. The summed E-state index contributed by atoms with van der Waals surface area (Å²) >= 11 is 1.57. The lowest BCUT2D eigenvalue weighted by atomic mass is 10.2. The molecule has 0 saturated carbocycles. The van der Waals surface area contributed by atoms with Crippen LogP contribution in [-0.2, 0) is 4.79 Å². The minimum atomic E-state index is -2.59. The predicted octanol–water partition coefficient (Wildman–Crippen LogP) is 1.20. The lowest BCUT2D eigenvalue weighted by Gasteiger charge is -2.37. The van der Waals surface area contributed by atoms with Gasteiger partial charge in [-0.1, -0.05) is 0 Å². The molecule has 1 atom stereocenters. The van der Waals surface area contributed by atoms with E-state index in [1.54, 1.807) is 11.8 Å². The van der Waals surface area contributed by atoms with Crippen LogP contribution in [0.5, 0.6) is 0 Å². The van der Waals surface area contributed by atoms with Crippen LogP contribution in [0.15, 0.2) is 0 Å². The largest absolute Gasteiger partial charge is 0.481 e. The summed E-state index contributed by atoms with van der Waals surface area (Å²) in [5.74, 6) is 0.238. The fourth-order valence-electron chi connectivity index (χ4n) is 1.78. The normalized spacial score (nSPS) is 20.0. The molecule has 1 aliphatic heterocycles. The molecule has 18 heavy (non-hydrogen) atoms. The van der Waals surface area contributed by atoms with Crippen molar-refractivity contribution in [1.82, 2.24) is 9.80 Å². The number of hydrogen-bond acceptors (Lipinski definition) is 3. The number of carbonyl (C=O) groups is 2. The van der Waals surface area contributed by atoms with Crippen molar-refractivity contribution in [2.75, 3.05) is 31.6 Å². The molecule has 1 aliphatic rings. The van der Waals surface area contributed by atoms with Gasteiger partial charge >= 0.3 is 12.0 Å². The summed E-state index contributed by atoms with van der Waals surface area (Å²) in [4.78, 5) is 25.0. The fraction of sp³-hybridized carbons (Fsp3) is 0.800. The molecule has 8 heteroatoms. The van der Waals surface area contributed by atoms with E-state index in [1.165, 1.54) is 11.9 Å². The first-order valence-electron chi connectivity index (χ1n) is 5.51. The molecule has 1 unspecified atom stereocenters. The Balaban J connectivity index is 2.64. The van der Waals surface area contributed by atoms with Crippen LogP contribution in [-0.4, -0.2) is 71.0 Å². The highest BCUT2D eigenvalue weighted by Crippen LogP contribution is 2.20. The van der Waals surface area contributed by atoms with Gasteiger partial charge in [-0.15, -0.1) is 0 Å². The quantitative estimate of drug-likeness (QED) is 0.841. The molecule has 2 amide bonds. The Morgan fingerprint density at radius 3 is 2.78 bits per heavy atom. The summed E-state index contributed by atoms with van der Waals surface area (Å²) in [7, 11) is 1.30. The fourth-order valence-corrected chi connectivity index (χ4v) is 2.84. The van der Waals surface area contributed by atoms with E-state index in [4.69, 9.17) is 5.11 Å². The van der Waals surface area contributed by atoms with E-state index >= 15 is 0 Å². The summed E-state index contributed by atoms with van der Waals surface area (Å²) < 4.78 is 24.4. The summed E-state index contributed by atoms with van der Waals surface area (Å²) in [6.45, 7) is -0.239. The lowest BCUT2D eigenvalue weighted by Crippen LogP contribution is -2.52. The van der Waals surface area contributed by atoms with Gasteiger partial charge in [-0.3, -0.25) is 4.79 Å². The van der Waals surface area contributed by atoms with E-state index in [9.17, 15) is 18.4 Å². The number of urea groups is 1. The predicted molar refractivity (Wildman–Crippen MR) is 64.1 cm³/mol. The van der Waals surface area contributed by atoms with E-state index in [2.05, 4.69) is 0 Å². The molecule has 0 aromatic carbocycles. The maximum absolute atomic E-state index is 12.2. The molecule has 5 nitrogen and oxygen atoms in total. The minimum Gasteiger partial charge on any atom is -0.481 e. The van der Waals surface area contributed by atoms with Crippen molar-refractivity contribution in [2.45, 2.75) is 18.9 Å². The summed E-state index contributed by atoms with van der Waals surface area (Å²) in [6, 6.07) is -0.948. The topological polar surface area (TPSA) is 60.9 Å². The van der Waals surface area contributed by atoms with Crippen LogP contribution in [0.25, 0.3) is 0 Å². The molecule has 0 bridgehead atoms. The van der Waals surface area contributed by atoms with Crippen molar-refractivity contribution >= 4 is 23.8 Å². The zero-order valence-electron chi connectivity index (χ0n) is 10.0. The average molecular weight is 282 g/mol.